The van der Waals surface area contributed by atoms with E-state index in [9.17, 15) is 4.79 Å². The number of hydrogen-bond donors (Lipinski definition) is 1. The minimum atomic E-state index is -0.300. The van der Waals surface area contributed by atoms with E-state index in [0.717, 1.165) is 61.0 Å². The fraction of sp³-hybridized carbons (Fsp3) is 0.667. The summed E-state index contributed by atoms with van der Waals surface area (Å²) in [6, 6.07) is 4.50. The van der Waals surface area contributed by atoms with Gasteiger partial charge in [0, 0.05) is 35.4 Å². The van der Waals surface area contributed by atoms with Gasteiger partial charge in [-0.25, -0.2) is 4.79 Å². The average Bonchev–Trinajstić information content (AvgIpc) is 2.68. The fourth-order valence-corrected chi connectivity index (χ4v) is 4.46. The number of carbonyl (C=O) groups excluding carboxylic acids is 1. The summed E-state index contributed by atoms with van der Waals surface area (Å²) in [5, 5.41) is 3.79. The Morgan fingerprint density at radius 2 is 2.00 bits per heavy atom. The minimum absolute atomic E-state index is 0.0670. The third kappa shape index (κ3) is 5.46. The number of nitrogens with one attached hydrogen (secondary N) is 1. The maximum Gasteiger partial charge on any atom is 0.338 e. The highest BCUT2D eigenvalue weighted by Crippen LogP contribution is 2.38. The lowest BCUT2D eigenvalue weighted by atomic mass is 9.77. The molecule has 0 heterocycles. The van der Waals surface area contributed by atoms with Crippen molar-refractivity contribution in [3.05, 3.63) is 27.7 Å². The van der Waals surface area contributed by atoms with Gasteiger partial charge in [-0.05, 0) is 63.8 Å². The highest BCUT2D eigenvalue weighted by molar-refractivity contribution is 9.10. The predicted octanol–water partition coefficient (Wildman–Crippen LogP) is 4.63. The van der Waals surface area contributed by atoms with Crippen molar-refractivity contribution in [1.29, 1.82) is 0 Å². The van der Waals surface area contributed by atoms with E-state index in [0.29, 0.717) is 11.6 Å². The monoisotopic (exact) mass is 440 g/mol. The van der Waals surface area contributed by atoms with E-state index in [4.69, 9.17) is 9.47 Å². The number of methoxy groups -OCH3 is 2. The molecule has 0 atom stereocenters. The number of benzene rings is 1. The van der Waals surface area contributed by atoms with Crippen LogP contribution in [0.5, 0.6) is 0 Å². The summed E-state index contributed by atoms with van der Waals surface area (Å²) in [4.78, 5) is 14.5. The van der Waals surface area contributed by atoms with Crippen molar-refractivity contribution < 1.29 is 14.3 Å². The summed E-state index contributed by atoms with van der Waals surface area (Å²) in [6.45, 7) is 5.98. The van der Waals surface area contributed by atoms with Gasteiger partial charge in [-0.2, -0.15) is 0 Å². The highest BCUT2D eigenvalue weighted by atomic mass is 79.9. The summed E-state index contributed by atoms with van der Waals surface area (Å²) < 4.78 is 11.0. The Bertz CT molecular complexity index is 643. The number of ether oxygens (including phenoxy) is 2. The second-order valence-electron chi connectivity index (χ2n) is 7.58. The summed E-state index contributed by atoms with van der Waals surface area (Å²) >= 11 is 3.54. The Morgan fingerprint density at radius 1 is 1.33 bits per heavy atom. The summed E-state index contributed by atoms with van der Waals surface area (Å²) in [5.74, 6) is -0.300. The Hall–Kier alpha value is -1.11. The van der Waals surface area contributed by atoms with Crippen LogP contribution in [0.25, 0.3) is 0 Å². The smallest absolute Gasteiger partial charge is 0.338 e. The lowest BCUT2D eigenvalue weighted by Gasteiger charge is -2.44. The van der Waals surface area contributed by atoms with E-state index in [2.05, 4.69) is 46.2 Å². The molecule has 0 radical (unpaired) electrons. The van der Waals surface area contributed by atoms with Crippen LogP contribution in [-0.4, -0.2) is 56.9 Å². The lowest BCUT2D eigenvalue weighted by molar-refractivity contribution is 0.0600. The molecule has 2 rings (SSSR count). The van der Waals surface area contributed by atoms with Crippen LogP contribution in [0.2, 0.25) is 0 Å². The Kier molecular flexibility index (Phi) is 8.13. The number of carbonyl (C=O) groups is 1. The van der Waals surface area contributed by atoms with E-state index in [-0.39, 0.29) is 11.5 Å². The molecule has 1 aromatic carbocycles. The van der Waals surface area contributed by atoms with Gasteiger partial charge in [0.25, 0.3) is 0 Å². The van der Waals surface area contributed by atoms with Gasteiger partial charge in [-0.3, -0.25) is 0 Å². The van der Waals surface area contributed by atoms with E-state index in [1.807, 2.05) is 13.0 Å². The number of likely N-dealkylation sites (N-methyl/N-ethyl adjacent to an activating group) is 1. The van der Waals surface area contributed by atoms with Crippen LogP contribution in [0, 0.1) is 6.92 Å². The number of esters is 1. The number of rotatable bonds is 8. The average molecular weight is 441 g/mol. The van der Waals surface area contributed by atoms with Crippen molar-refractivity contribution in [2.45, 2.75) is 57.5 Å². The van der Waals surface area contributed by atoms with Crippen LogP contribution >= 0.6 is 15.9 Å². The van der Waals surface area contributed by atoms with Gasteiger partial charge in [0.05, 0.1) is 19.3 Å². The van der Waals surface area contributed by atoms with E-state index < -0.39 is 0 Å². The van der Waals surface area contributed by atoms with Crippen molar-refractivity contribution in [3.63, 3.8) is 0 Å². The first-order valence-corrected chi connectivity index (χ1v) is 10.5. The lowest BCUT2D eigenvalue weighted by Crippen LogP contribution is -2.47. The molecule has 0 spiro atoms. The largest absolute Gasteiger partial charge is 0.465 e. The first-order chi connectivity index (χ1) is 12.9. The zero-order valence-corrected chi connectivity index (χ0v) is 18.8. The maximum absolute atomic E-state index is 12.1. The third-order valence-corrected chi connectivity index (χ3v) is 6.50. The Balaban J connectivity index is 2.14. The van der Waals surface area contributed by atoms with Crippen LogP contribution in [0.1, 0.15) is 54.9 Å². The second-order valence-corrected chi connectivity index (χ2v) is 8.50. The number of nitrogens with zero attached hydrogens (tertiary/aromatic N) is 1. The predicted molar refractivity (Wildman–Crippen MR) is 114 cm³/mol. The molecule has 1 aromatic rings. The van der Waals surface area contributed by atoms with Crippen LogP contribution < -0.4 is 5.32 Å². The van der Waals surface area contributed by atoms with Crippen LogP contribution in [0.4, 0.5) is 5.69 Å². The van der Waals surface area contributed by atoms with Gasteiger partial charge in [-0.15, -0.1) is 0 Å². The van der Waals surface area contributed by atoms with Crippen LogP contribution in [0.15, 0.2) is 16.6 Å². The van der Waals surface area contributed by atoms with Gasteiger partial charge >= 0.3 is 5.97 Å². The van der Waals surface area contributed by atoms with Crippen molar-refractivity contribution in [2.24, 2.45) is 0 Å². The number of hydrogen-bond acceptors (Lipinski definition) is 5. The third-order valence-electron chi connectivity index (χ3n) is 6.04. The first-order valence-electron chi connectivity index (χ1n) is 9.71. The molecule has 0 unspecified atom stereocenters. The van der Waals surface area contributed by atoms with Crippen molar-refractivity contribution in [3.8, 4) is 0 Å². The fourth-order valence-electron chi connectivity index (χ4n) is 4.00. The molecule has 5 nitrogen and oxygen atoms in total. The van der Waals surface area contributed by atoms with Gasteiger partial charge in [0.2, 0.25) is 0 Å². The van der Waals surface area contributed by atoms with Gasteiger partial charge < -0.3 is 19.7 Å². The van der Waals surface area contributed by atoms with E-state index >= 15 is 0 Å². The zero-order valence-electron chi connectivity index (χ0n) is 17.2. The topological polar surface area (TPSA) is 50.8 Å². The molecular weight excluding hydrogens is 408 g/mol. The normalized spacial score (nSPS) is 22.7. The van der Waals surface area contributed by atoms with Crippen LogP contribution in [-0.2, 0) is 9.47 Å². The van der Waals surface area contributed by atoms with Gasteiger partial charge in [-0.1, -0.05) is 22.9 Å². The quantitative estimate of drug-likeness (QED) is 0.597. The molecule has 152 valence electrons. The zero-order chi connectivity index (χ0) is 20.0. The molecule has 1 aliphatic carbocycles. The minimum Gasteiger partial charge on any atom is -0.465 e. The molecule has 1 saturated carbocycles. The van der Waals surface area contributed by atoms with Crippen LogP contribution in [0.3, 0.4) is 0 Å². The van der Waals surface area contributed by atoms with E-state index in [1.165, 1.54) is 7.11 Å². The van der Waals surface area contributed by atoms with Crippen molar-refractivity contribution in [1.82, 2.24) is 4.90 Å². The SMILES string of the molecule is CCC1(Nc2cc(Br)cc(C(=O)OC)c2C)CCC(N(C)CCOC)CC1. The molecule has 0 aromatic heterocycles. The molecule has 1 aliphatic rings. The first kappa shape index (κ1) is 22.2. The maximum atomic E-state index is 12.1. The molecule has 6 heteroatoms. The Morgan fingerprint density at radius 3 is 2.56 bits per heavy atom. The molecule has 27 heavy (non-hydrogen) atoms. The second kappa shape index (κ2) is 9.89. The molecule has 0 amide bonds. The molecular formula is C21H33BrN2O3. The summed E-state index contributed by atoms with van der Waals surface area (Å²) in [7, 11) is 5.37. The Labute approximate surface area is 171 Å². The van der Waals surface area contributed by atoms with Gasteiger partial charge in [0.15, 0.2) is 0 Å². The summed E-state index contributed by atoms with van der Waals surface area (Å²) in [5.41, 5.74) is 2.63. The summed E-state index contributed by atoms with van der Waals surface area (Å²) in [6.07, 6.45) is 5.62. The molecule has 1 N–H and O–H groups in total. The van der Waals surface area contributed by atoms with E-state index in [1.54, 1.807) is 7.11 Å². The number of halogens is 1. The molecule has 0 bridgehead atoms. The molecule has 0 aliphatic heterocycles. The van der Waals surface area contributed by atoms with Gasteiger partial charge in [0.1, 0.15) is 0 Å². The van der Waals surface area contributed by atoms with Crippen molar-refractivity contribution >= 4 is 27.6 Å². The molecule has 0 saturated heterocycles. The highest BCUT2D eigenvalue weighted by Gasteiger charge is 2.35. The standard InChI is InChI=1S/C21H33BrN2O3/c1-6-21(9-7-17(8-10-21)24(3)11-12-26-4)23-19-14-16(22)13-18(15(19)2)20(25)27-5/h13-14,17,23H,6-12H2,1-5H3. The van der Waals surface area contributed by atoms with Crippen molar-refractivity contribution in [2.75, 3.05) is 39.7 Å². The molecule has 1 fully saturated rings. The number of anilines is 1.